The standard InChI is InChI=1S/C17H18BNO5/c20-16(11-12-5-2-1-3-6-12)19-15(18(23)24)10-13-7-4-8-14(9-13)17(21)22/h1-9,15,23-24H,10-11H2,(H,19,20)(H,21,22). The van der Waals surface area contributed by atoms with Crippen LogP contribution in [0.1, 0.15) is 21.5 Å². The van der Waals surface area contributed by atoms with Crippen molar-refractivity contribution in [3.05, 3.63) is 71.3 Å². The molecule has 2 aromatic rings. The van der Waals surface area contributed by atoms with Gasteiger partial charge in [0.1, 0.15) is 0 Å². The van der Waals surface area contributed by atoms with E-state index in [2.05, 4.69) is 5.32 Å². The lowest BCUT2D eigenvalue weighted by Gasteiger charge is -2.18. The van der Waals surface area contributed by atoms with Crippen molar-refractivity contribution in [3.63, 3.8) is 0 Å². The minimum absolute atomic E-state index is 0.106. The Labute approximate surface area is 139 Å². The minimum atomic E-state index is -1.75. The van der Waals surface area contributed by atoms with Gasteiger partial charge in [-0.1, -0.05) is 42.5 Å². The number of carbonyl (C=O) groups is 2. The van der Waals surface area contributed by atoms with E-state index >= 15 is 0 Å². The molecule has 0 saturated carbocycles. The lowest BCUT2D eigenvalue weighted by molar-refractivity contribution is -0.120. The average molecular weight is 327 g/mol. The molecule has 0 fully saturated rings. The Kier molecular flexibility index (Phi) is 6.11. The summed E-state index contributed by atoms with van der Waals surface area (Å²) in [6.07, 6.45) is 0.235. The summed E-state index contributed by atoms with van der Waals surface area (Å²) in [6.45, 7) is 0. The Morgan fingerprint density at radius 2 is 1.67 bits per heavy atom. The van der Waals surface area contributed by atoms with E-state index in [-0.39, 0.29) is 24.3 Å². The topological polar surface area (TPSA) is 107 Å². The highest BCUT2D eigenvalue weighted by Gasteiger charge is 2.25. The summed E-state index contributed by atoms with van der Waals surface area (Å²) in [5.41, 5.74) is 1.51. The molecule has 4 N–H and O–H groups in total. The van der Waals surface area contributed by atoms with Gasteiger partial charge in [0.15, 0.2) is 0 Å². The second kappa shape index (κ2) is 8.28. The van der Waals surface area contributed by atoms with Crippen LogP contribution in [0.3, 0.4) is 0 Å². The molecular weight excluding hydrogens is 309 g/mol. The van der Waals surface area contributed by atoms with Crippen LogP contribution in [0.2, 0.25) is 0 Å². The maximum Gasteiger partial charge on any atom is 0.475 e. The highest BCUT2D eigenvalue weighted by molar-refractivity contribution is 6.43. The van der Waals surface area contributed by atoms with Gasteiger partial charge >= 0.3 is 13.1 Å². The molecule has 1 atom stereocenters. The number of nitrogens with one attached hydrogen (secondary N) is 1. The number of hydrogen-bond acceptors (Lipinski definition) is 4. The summed E-state index contributed by atoms with van der Waals surface area (Å²) >= 11 is 0. The summed E-state index contributed by atoms with van der Waals surface area (Å²) in [5.74, 6) is -2.33. The first-order valence-corrected chi connectivity index (χ1v) is 7.47. The number of rotatable bonds is 7. The molecule has 0 radical (unpaired) electrons. The Balaban J connectivity index is 2.03. The number of carboxylic acid groups (broad SMARTS) is 1. The minimum Gasteiger partial charge on any atom is -0.478 e. The van der Waals surface area contributed by atoms with Gasteiger partial charge in [0, 0.05) is 0 Å². The van der Waals surface area contributed by atoms with E-state index in [9.17, 15) is 19.6 Å². The molecular formula is C17H18BNO5. The smallest absolute Gasteiger partial charge is 0.475 e. The molecule has 1 unspecified atom stereocenters. The zero-order chi connectivity index (χ0) is 17.5. The highest BCUT2D eigenvalue weighted by Crippen LogP contribution is 2.09. The summed E-state index contributed by atoms with van der Waals surface area (Å²) in [6, 6.07) is 15.2. The Hall–Kier alpha value is -2.64. The van der Waals surface area contributed by atoms with Crippen molar-refractivity contribution in [2.45, 2.75) is 18.8 Å². The maximum atomic E-state index is 12.1. The highest BCUT2D eigenvalue weighted by atomic mass is 16.4. The van der Waals surface area contributed by atoms with E-state index in [0.717, 1.165) is 5.56 Å². The molecule has 0 heterocycles. The molecule has 0 bridgehead atoms. The molecule has 2 rings (SSSR count). The van der Waals surface area contributed by atoms with Crippen LogP contribution in [0, 0.1) is 0 Å². The molecule has 0 aliphatic heterocycles. The molecule has 0 aliphatic rings. The molecule has 0 aromatic heterocycles. The Morgan fingerprint density at radius 1 is 1.00 bits per heavy atom. The maximum absolute atomic E-state index is 12.1. The van der Waals surface area contributed by atoms with Crippen molar-refractivity contribution in [2.75, 3.05) is 0 Å². The predicted octanol–water partition coefficient (Wildman–Crippen LogP) is 0.667. The lowest BCUT2D eigenvalue weighted by atomic mass is 9.75. The van der Waals surface area contributed by atoms with E-state index in [1.165, 1.54) is 12.1 Å². The molecule has 124 valence electrons. The summed E-state index contributed by atoms with van der Waals surface area (Å²) < 4.78 is 0. The van der Waals surface area contributed by atoms with Crippen molar-refractivity contribution >= 4 is 19.0 Å². The second-order valence-electron chi connectivity index (χ2n) is 5.46. The fraction of sp³-hybridized carbons (Fsp3) is 0.176. The molecule has 0 spiro atoms. The lowest BCUT2D eigenvalue weighted by Crippen LogP contribution is -2.48. The number of hydrogen-bond donors (Lipinski definition) is 4. The number of carbonyl (C=O) groups excluding carboxylic acids is 1. The molecule has 2 aromatic carbocycles. The number of carboxylic acids is 1. The van der Waals surface area contributed by atoms with Gasteiger partial charge in [-0.05, 0) is 29.7 Å². The van der Waals surface area contributed by atoms with Gasteiger partial charge in [-0.3, -0.25) is 4.79 Å². The van der Waals surface area contributed by atoms with Crippen LogP contribution in [-0.2, 0) is 17.6 Å². The number of aromatic carboxylic acids is 1. The van der Waals surface area contributed by atoms with Gasteiger partial charge in [-0.2, -0.15) is 0 Å². The van der Waals surface area contributed by atoms with Crippen molar-refractivity contribution in [1.29, 1.82) is 0 Å². The van der Waals surface area contributed by atoms with E-state index in [0.29, 0.717) is 5.56 Å². The average Bonchev–Trinajstić information content (AvgIpc) is 2.55. The largest absolute Gasteiger partial charge is 0.478 e. The van der Waals surface area contributed by atoms with Crippen LogP contribution in [0.5, 0.6) is 0 Å². The molecule has 7 heteroatoms. The first kappa shape index (κ1) is 17.7. The first-order valence-electron chi connectivity index (χ1n) is 7.47. The predicted molar refractivity (Wildman–Crippen MR) is 89.4 cm³/mol. The van der Waals surface area contributed by atoms with Crippen molar-refractivity contribution in [2.24, 2.45) is 0 Å². The second-order valence-corrected chi connectivity index (χ2v) is 5.46. The third kappa shape index (κ3) is 5.22. The zero-order valence-electron chi connectivity index (χ0n) is 12.9. The van der Waals surface area contributed by atoms with Crippen LogP contribution < -0.4 is 5.32 Å². The van der Waals surface area contributed by atoms with Crippen molar-refractivity contribution in [1.82, 2.24) is 5.32 Å². The Morgan fingerprint density at radius 3 is 2.29 bits per heavy atom. The van der Waals surface area contributed by atoms with Crippen LogP contribution >= 0.6 is 0 Å². The van der Waals surface area contributed by atoms with Crippen molar-refractivity contribution < 1.29 is 24.7 Å². The summed E-state index contributed by atoms with van der Waals surface area (Å²) in [5, 5.41) is 30.6. The van der Waals surface area contributed by atoms with E-state index in [1.807, 2.05) is 18.2 Å². The molecule has 1 amide bonds. The third-order valence-electron chi connectivity index (χ3n) is 3.54. The van der Waals surface area contributed by atoms with E-state index in [4.69, 9.17) is 5.11 Å². The zero-order valence-corrected chi connectivity index (χ0v) is 12.9. The molecule has 0 saturated heterocycles. The summed E-state index contributed by atoms with van der Waals surface area (Å²) in [7, 11) is -1.75. The van der Waals surface area contributed by atoms with Crippen molar-refractivity contribution in [3.8, 4) is 0 Å². The quantitative estimate of drug-likeness (QED) is 0.559. The van der Waals surface area contributed by atoms with E-state index in [1.54, 1.807) is 24.3 Å². The van der Waals surface area contributed by atoms with Gasteiger partial charge in [-0.25, -0.2) is 4.79 Å². The van der Waals surface area contributed by atoms with Crippen LogP contribution in [0.15, 0.2) is 54.6 Å². The molecule has 24 heavy (non-hydrogen) atoms. The van der Waals surface area contributed by atoms with Gasteiger partial charge < -0.3 is 20.5 Å². The monoisotopic (exact) mass is 327 g/mol. The number of benzene rings is 2. The van der Waals surface area contributed by atoms with Crippen LogP contribution in [-0.4, -0.2) is 40.1 Å². The molecule has 0 aliphatic carbocycles. The van der Waals surface area contributed by atoms with Gasteiger partial charge in [0.05, 0.1) is 17.9 Å². The first-order chi connectivity index (χ1) is 11.5. The summed E-state index contributed by atoms with van der Waals surface area (Å²) in [4.78, 5) is 23.1. The fourth-order valence-electron chi connectivity index (χ4n) is 2.36. The van der Waals surface area contributed by atoms with Crippen LogP contribution in [0.25, 0.3) is 0 Å². The molecule has 6 nitrogen and oxygen atoms in total. The number of amides is 1. The van der Waals surface area contributed by atoms with Gasteiger partial charge in [0.2, 0.25) is 5.91 Å². The Bertz CT molecular complexity index is 705. The third-order valence-corrected chi connectivity index (χ3v) is 3.54. The van der Waals surface area contributed by atoms with E-state index < -0.39 is 19.0 Å². The van der Waals surface area contributed by atoms with Crippen LogP contribution in [0.4, 0.5) is 0 Å². The normalized spacial score (nSPS) is 11.6. The SMILES string of the molecule is O=C(Cc1ccccc1)NC(Cc1cccc(C(=O)O)c1)B(O)O. The van der Waals surface area contributed by atoms with Gasteiger partial charge in [0.25, 0.3) is 0 Å². The fourth-order valence-corrected chi connectivity index (χ4v) is 2.36. The van der Waals surface area contributed by atoms with Gasteiger partial charge in [-0.15, -0.1) is 0 Å².